The molecule has 1 heterocycles. The number of hydrogen-bond acceptors (Lipinski definition) is 4. The van der Waals surface area contributed by atoms with E-state index in [1.54, 1.807) is 0 Å². The molecule has 1 saturated heterocycles. The first-order valence-electron chi connectivity index (χ1n) is 6.87. The summed E-state index contributed by atoms with van der Waals surface area (Å²) in [6, 6.07) is 0. The highest BCUT2D eigenvalue weighted by Crippen LogP contribution is 2.38. The van der Waals surface area contributed by atoms with Gasteiger partial charge in [0.2, 0.25) is 0 Å². The highest BCUT2D eigenvalue weighted by molar-refractivity contribution is 4.84. The van der Waals surface area contributed by atoms with Gasteiger partial charge in [-0.2, -0.15) is 0 Å². The van der Waals surface area contributed by atoms with Crippen LogP contribution in [0.1, 0.15) is 32.1 Å². The van der Waals surface area contributed by atoms with Crippen LogP contribution >= 0.6 is 0 Å². The van der Waals surface area contributed by atoms with Gasteiger partial charge in [-0.3, -0.25) is 0 Å². The van der Waals surface area contributed by atoms with E-state index >= 15 is 0 Å². The Morgan fingerprint density at radius 2 is 2.06 bits per heavy atom. The van der Waals surface area contributed by atoms with Crippen LogP contribution in [0, 0.1) is 0 Å². The fourth-order valence-corrected chi connectivity index (χ4v) is 2.68. The number of hydrogen-bond donors (Lipinski definition) is 1. The molecular formula is C13H26N2O2. The van der Waals surface area contributed by atoms with E-state index in [0.717, 1.165) is 39.1 Å². The summed E-state index contributed by atoms with van der Waals surface area (Å²) < 4.78 is 11.9. The van der Waals surface area contributed by atoms with Crippen molar-refractivity contribution < 1.29 is 9.47 Å². The zero-order valence-electron chi connectivity index (χ0n) is 11.2. The van der Waals surface area contributed by atoms with Gasteiger partial charge in [-0.05, 0) is 46.4 Å². The zero-order chi connectivity index (χ0) is 12.1. The highest BCUT2D eigenvalue weighted by Gasteiger charge is 2.43. The van der Waals surface area contributed by atoms with Gasteiger partial charge in [0, 0.05) is 19.4 Å². The predicted octanol–water partition coefficient (Wildman–Crippen LogP) is 1.21. The summed E-state index contributed by atoms with van der Waals surface area (Å²) >= 11 is 0. The third-order valence-corrected chi connectivity index (χ3v) is 3.61. The maximum atomic E-state index is 6.04. The molecule has 2 aliphatic rings. The van der Waals surface area contributed by atoms with Crippen LogP contribution < -0.4 is 5.32 Å². The van der Waals surface area contributed by atoms with Crippen molar-refractivity contribution in [3.05, 3.63) is 0 Å². The van der Waals surface area contributed by atoms with E-state index in [4.69, 9.17) is 9.47 Å². The second-order valence-corrected chi connectivity index (χ2v) is 5.53. The Bertz CT molecular complexity index is 227. The molecule has 2 rings (SSSR count). The fourth-order valence-electron chi connectivity index (χ4n) is 2.68. The lowest BCUT2D eigenvalue weighted by Gasteiger charge is -2.22. The van der Waals surface area contributed by atoms with Crippen LogP contribution in [0.4, 0.5) is 0 Å². The summed E-state index contributed by atoms with van der Waals surface area (Å²) in [4.78, 5) is 2.21. The maximum absolute atomic E-state index is 6.04. The molecule has 1 saturated carbocycles. The molecule has 4 nitrogen and oxygen atoms in total. The van der Waals surface area contributed by atoms with Gasteiger partial charge in [0.1, 0.15) is 0 Å². The van der Waals surface area contributed by atoms with Crippen molar-refractivity contribution in [2.24, 2.45) is 0 Å². The van der Waals surface area contributed by atoms with Gasteiger partial charge in [0.15, 0.2) is 5.79 Å². The Kier molecular flexibility index (Phi) is 4.79. The standard InChI is InChI=1S/C13H26N2O2/c1-15(2)9-5-8-14-10-12-11-16-13(17-12)6-3-4-7-13/h12,14H,3-11H2,1-2H3/t12-/m1/s1. The normalized spacial score (nSPS) is 27.4. The van der Waals surface area contributed by atoms with E-state index in [0.29, 0.717) is 0 Å². The van der Waals surface area contributed by atoms with Gasteiger partial charge in [0.25, 0.3) is 0 Å². The molecule has 0 aromatic rings. The van der Waals surface area contributed by atoms with Crippen molar-refractivity contribution in [1.29, 1.82) is 0 Å². The molecule has 100 valence electrons. The Morgan fingerprint density at radius 3 is 2.76 bits per heavy atom. The largest absolute Gasteiger partial charge is 0.347 e. The van der Waals surface area contributed by atoms with E-state index in [-0.39, 0.29) is 11.9 Å². The first-order chi connectivity index (χ1) is 8.20. The van der Waals surface area contributed by atoms with Crippen molar-refractivity contribution in [3.63, 3.8) is 0 Å². The predicted molar refractivity (Wildman–Crippen MR) is 68.1 cm³/mol. The third kappa shape index (κ3) is 3.91. The molecule has 1 spiro atoms. The van der Waals surface area contributed by atoms with Gasteiger partial charge in [-0.1, -0.05) is 0 Å². The molecule has 0 radical (unpaired) electrons. The minimum Gasteiger partial charge on any atom is -0.347 e. The minimum atomic E-state index is -0.198. The summed E-state index contributed by atoms with van der Waals surface area (Å²) in [5, 5.41) is 3.46. The van der Waals surface area contributed by atoms with Gasteiger partial charge < -0.3 is 19.7 Å². The topological polar surface area (TPSA) is 33.7 Å². The molecule has 2 fully saturated rings. The summed E-state index contributed by atoms with van der Waals surface area (Å²) in [7, 11) is 4.22. The fraction of sp³-hybridized carbons (Fsp3) is 1.00. The lowest BCUT2D eigenvalue weighted by molar-refractivity contribution is -0.161. The van der Waals surface area contributed by atoms with E-state index in [9.17, 15) is 0 Å². The van der Waals surface area contributed by atoms with Crippen molar-refractivity contribution in [1.82, 2.24) is 10.2 Å². The van der Waals surface area contributed by atoms with E-state index < -0.39 is 0 Å². The molecule has 0 unspecified atom stereocenters. The Balaban J connectivity index is 1.55. The molecule has 0 amide bonds. The lowest BCUT2D eigenvalue weighted by Crippen LogP contribution is -2.33. The average Bonchev–Trinajstić information content (AvgIpc) is 2.89. The number of nitrogens with zero attached hydrogens (tertiary/aromatic N) is 1. The average molecular weight is 242 g/mol. The smallest absolute Gasteiger partial charge is 0.168 e. The maximum Gasteiger partial charge on any atom is 0.168 e. The molecule has 4 heteroatoms. The van der Waals surface area contributed by atoms with E-state index in [1.165, 1.54) is 19.3 Å². The van der Waals surface area contributed by atoms with Crippen LogP contribution in [0.5, 0.6) is 0 Å². The van der Waals surface area contributed by atoms with Crippen molar-refractivity contribution in [2.45, 2.75) is 44.0 Å². The number of nitrogens with one attached hydrogen (secondary N) is 1. The molecular weight excluding hydrogens is 216 g/mol. The summed E-state index contributed by atoms with van der Waals surface area (Å²) in [5.41, 5.74) is 0. The van der Waals surface area contributed by atoms with E-state index in [2.05, 4.69) is 24.3 Å². The lowest BCUT2D eigenvalue weighted by atomic mass is 10.2. The van der Waals surface area contributed by atoms with Crippen molar-refractivity contribution in [3.8, 4) is 0 Å². The first-order valence-corrected chi connectivity index (χ1v) is 6.87. The molecule has 1 aliphatic heterocycles. The second kappa shape index (κ2) is 6.14. The molecule has 1 atom stereocenters. The van der Waals surface area contributed by atoms with Crippen LogP contribution in [0.15, 0.2) is 0 Å². The first kappa shape index (κ1) is 13.3. The third-order valence-electron chi connectivity index (χ3n) is 3.61. The quantitative estimate of drug-likeness (QED) is 0.710. The summed E-state index contributed by atoms with van der Waals surface area (Å²) in [6.45, 7) is 3.89. The Labute approximate surface area is 105 Å². The van der Waals surface area contributed by atoms with Crippen LogP contribution in [0.25, 0.3) is 0 Å². The van der Waals surface area contributed by atoms with Crippen LogP contribution in [-0.2, 0) is 9.47 Å². The zero-order valence-corrected chi connectivity index (χ0v) is 11.2. The van der Waals surface area contributed by atoms with Gasteiger partial charge >= 0.3 is 0 Å². The van der Waals surface area contributed by atoms with Crippen LogP contribution in [0.2, 0.25) is 0 Å². The SMILES string of the molecule is CN(C)CCCNC[C@@H]1COC2(CCCC2)O1. The molecule has 0 bridgehead atoms. The van der Waals surface area contributed by atoms with Crippen molar-refractivity contribution in [2.75, 3.05) is 40.3 Å². The van der Waals surface area contributed by atoms with Crippen molar-refractivity contribution >= 4 is 0 Å². The highest BCUT2D eigenvalue weighted by atomic mass is 16.7. The van der Waals surface area contributed by atoms with Crippen LogP contribution in [-0.4, -0.2) is 57.1 Å². The van der Waals surface area contributed by atoms with Gasteiger partial charge in [0.05, 0.1) is 12.7 Å². The molecule has 0 aromatic heterocycles. The Hall–Kier alpha value is -0.160. The second-order valence-electron chi connectivity index (χ2n) is 5.53. The molecule has 1 aliphatic carbocycles. The summed E-state index contributed by atoms with van der Waals surface area (Å²) in [5.74, 6) is -0.198. The molecule has 0 aromatic carbocycles. The van der Waals surface area contributed by atoms with E-state index in [1.807, 2.05) is 0 Å². The monoisotopic (exact) mass is 242 g/mol. The minimum absolute atomic E-state index is 0.198. The van der Waals surface area contributed by atoms with Crippen LogP contribution in [0.3, 0.4) is 0 Å². The number of rotatable bonds is 6. The van der Waals surface area contributed by atoms with Gasteiger partial charge in [-0.15, -0.1) is 0 Å². The van der Waals surface area contributed by atoms with Gasteiger partial charge in [-0.25, -0.2) is 0 Å². The molecule has 1 N–H and O–H groups in total. The molecule has 17 heavy (non-hydrogen) atoms. The number of ether oxygens (including phenoxy) is 2. The summed E-state index contributed by atoms with van der Waals surface area (Å²) in [6.07, 6.45) is 6.12. The Morgan fingerprint density at radius 1 is 1.29 bits per heavy atom.